The highest BCUT2D eigenvalue weighted by molar-refractivity contribution is 5.80. The Balaban J connectivity index is 3.08. The van der Waals surface area contributed by atoms with Crippen molar-refractivity contribution < 1.29 is 38.4 Å². The van der Waals surface area contributed by atoms with Crippen LogP contribution in [0.4, 0.5) is 0 Å². The zero-order valence-corrected chi connectivity index (χ0v) is 27.0. The third-order valence-corrected chi connectivity index (χ3v) is 6.98. The predicted molar refractivity (Wildman–Crippen MR) is 168 cm³/mol. The molecule has 2 N–H and O–H groups in total. The van der Waals surface area contributed by atoms with Crippen molar-refractivity contribution in [1.29, 1.82) is 0 Å². The molecule has 0 atom stereocenters. The van der Waals surface area contributed by atoms with E-state index < -0.39 is 5.97 Å². The molecule has 0 fully saturated rings. The molecule has 0 saturated heterocycles. The first kappa shape index (κ1) is 40.7. The normalized spacial score (nSPS) is 11.3. The van der Waals surface area contributed by atoms with Crippen LogP contribution in [-0.2, 0) is 33.3 Å². The molecule has 0 aromatic rings. The van der Waals surface area contributed by atoms with Gasteiger partial charge in [0.2, 0.25) is 5.91 Å². The minimum atomic E-state index is -0.969. The Bertz CT molecular complexity index is 564. The van der Waals surface area contributed by atoms with Gasteiger partial charge in [0.25, 0.3) is 0 Å². The van der Waals surface area contributed by atoms with E-state index in [1.165, 1.54) is 96.3 Å². The smallest absolute Gasteiger partial charge is 0.303 e. The molecule has 9 nitrogen and oxygen atoms in total. The van der Waals surface area contributed by atoms with E-state index in [0.717, 1.165) is 13.0 Å². The van der Waals surface area contributed by atoms with Gasteiger partial charge in [0.15, 0.2) is 0 Å². The summed E-state index contributed by atoms with van der Waals surface area (Å²) in [5.74, 6) is -1.22. The van der Waals surface area contributed by atoms with Crippen molar-refractivity contribution in [1.82, 2.24) is 5.32 Å². The van der Waals surface area contributed by atoms with Crippen molar-refractivity contribution in [3.63, 3.8) is 0 Å². The number of hydrogen-bond acceptors (Lipinski definition) is 7. The zero-order chi connectivity index (χ0) is 30.6. The van der Waals surface area contributed by atoms with Gasteiger partial charge in [-0.1, -0.05) is 103 Å². The van der Waals surface area contributed by atoms with E-state index in [2.05, 4.69) is 12.2 Å². The van der Waals surface area contributed by atoms with Crippen molar-refractivity contribution in [2.75, 3.05) is 72.6 Å². The number of nitrogens with one attached hydrogen (secondary N) is 1. The Morgan fingerprint density at radius 2 is 0.786 bits per heavy atom. The summed E-state index contributed by atoms with van der Waals surface area (Å²) >= 11 is 0. The van der Waals surface area contributed by atoms with E-state index >= 15 is 0 Å². The molecule has 0 aliphatic rings. The number of ether oxygens (including phenoxy) is 5. The van der Waals surface area contributed by atoms with Gasteiger partial charge in [0.1, 0.15) is 0 Å². The third kappa shape index (κ3) is 36.8. The van der Waals surface area contributed by atoms with Crippen LogP contribution in [0.15, 0.2) is 0 Å². The Hall–Kier alpha value is -1.26. The summed E-state index contributed by atoms with van der Waals surface area (Å²) < 4.78 is 27.6. The molecule has 1 amide bonds. The zero-order valence-electron chi connectivity index (χ0n) is 27.0. The summed E-state index contributed by atoms with van der Waals surface area (Å²) in [4.78, 5) is 21.8. The number of rotatable bonds is 36. The van der Waals surface area contributed by atoms with Gasteiger partial charge in [-0.2, -0.15) is 0 Å². The van der Waals surface area contributed by atoms with Crippen LogP contribution in [0.25, 0.3) is 0 Å². The van der Waals surface area contributed by atoms with E-state index in [0.29, 0.717) is 72.4 Å². The summed E-state index contributed by atoms with van der Waals surface area (Å²) in [6.45, 7) is 8.41. The minimum Gasteiger partial charge on any atom is -0.481 e. The highest BCUT2D eigenvalue weighted by atomic mass is 16.6. The molecule has 0 aliphatic carbocycles. The molecule has 0 saturated carbocycles. The molecule has 0 bridgehead atoms. The van der Waals surface area contributed by atoms with Gasteiger partial charge in [-0.15, -0.1) is 0 Å². The predicted octanol–water partition coefficient (Wildman–Crippen LogP) is 6.70. The molecular formula is C33H65NO8. The van der Waals surface area contributed by atoms with Gasteiger partial charge in [-0.05, 0) is 12.8 Å². The minimum absolute atomic E-state index is 0.00622. The molecule has 0 radical (unpaired) electrons. The summed E-state index contributed by atoms with van der Waals surface area (Å²) in [6, 6.07) is 0. The summed E-state index contributed by atoms with van der Waals surface area (Å²) in [5.41, 5.74) is 0. The first-order valence-corrected chi connectivity index (χ1v) is 17.0. The second-order valence-corrected chi connectivity index (χ2v) is 11.0. The number of amides is 1. The Kier molecular flexibility index (Phi) is 34.9. The average Bonchev–Trinajstić information content (AvgIpc) is 2.98. The first-order valence-electron chi connectivity index (χ1n) is 17.0. The number of carbonyl (C=O) groups is 2. The lowest BCUT2D eigenvalue weighted by Gasteiger charge is -2.08. The van der Waals surface area contributed by atoms with Gasteiger partial charge in [-0.25, -0.2) is 0 Å². The fraction of sp³-hybridized carbons (Fsp3) is 0.939. The summed E-state index contributed by atoms with van der Waals surface area (Å²) in [6.07, 6.45) is 22.6. The second kappa shape index (κ2) is 35.9. The maximum atomic E-state index is 11.4. The van der Waals surface area contributed by atoms with Crippen molar-refractivity contribution in [2.24, 2.45) is 0 Å². The van der Waals surface area contributed by atoms with Crippen LogP contribution in [0.5, 0.6) is 0 Å². The van der Waals surface area contributed by atoms with Crippen molar-refractivity contribution in [3.05, 3.63) is 0 Å². The molecular weight excluding hydrogens is 538 g/mol. The van der Waals surface area contributed by atoms with Crippen LogP contribution in [0, 0.1) is 0 Å². The molecule has 0 unspecified atom stereocenters. The van der Waals surface area contributed by atoms with Crippen LogP contribution in [-0.4, -0.2) is 89.6 Å². The monoisotopic (exact) mass is 603 g/mol. The quantitative estimate of drug-likeness (QED) is 0.0761. The van der Waals surface area contributed by atoms with Crippen LogP contribution < -0.4 is 5.32 Å². The Morgan fingerprint density at radius 1 is 0.452 bits per heavy atom. The Labute approximate surface area is 257 Å². The molecule has 0 aromatic carbocycles. The highest BCUT2D eigenvalue weighted by Gasteiger charge is 2.04. The average molecular weight is 604 g/mol. The van der Waals surface area contributed by atoms with E-state index in [4.69, 9.17) is 28.8 Å². The maximum Gasteiger partial charge on any atom is 0.303 e. The molecule has 250 valence electrons. The van der Waals surface area contributed by atoms with Gasteiger partial charge >= 0.3 is 5.97 Å². The SMILES string of the molecule is CCCCCCCCCCCCCCCCCCOCCOCCOCCOCCOCCCNC(=O)CCC(=O)O. The van der Waals surface area contributed by atoms with E-state index in [9.17, 15) is 9.59 Å². The van der Waals surface area contributed by atoms with Crippen molar-refractivity contribution in [2.45, 2.75) is 129 Å². The number of aliphatic carboxylic acids is 1. The molecule has 9 heteroatoms. The van der Waals surface area contributed by atoms with Crippen LogP contribution in [0.3, 0.4) is 0 Å². The van der Waals surface area contributed by atoms with Crippen LogP contribution in [0.1, 0.15) is 129 Å². The fourth-order valence-corrected chi connectivity index (χ4v) is 4.44. The topological polar surface area (TPSA) is 113 Å². The molecule has 0 aromatic heterocycles. The Morgan fingerprint density at radius 3 is 1.17 bits per heavy atom. The molecule has 42 heavy (non-hydrogen) atoms. The van der Waals surface area contributed by atoms with Crippen molar-refractivity contribution in [3.8, 4) is 0 Å². The number of hydrogen-bond donors (Lipinski definition) is 2. The van der Waals surface area contributed by atoms with Crippen LogP contribution in [0.2, 0.25) is 0 Å². The lowest BCUT2D eigenvalue weighted by molar-refractivity contribution is -0.138. The van der Waals surface area contributed by atoms with E-state index in [1.54, 1.807) is 0 Å². The molecule has 0 heterocycles. The summed E-state index contributed by atoms with van der Waals surface area (Å²) in [5, 5.41) is 11.2. The standard InChI is InChI=1S/C33H65NO8/c1-2-3-4-5-6-7-8-9-10-11-12-13-14-15-16-17-22-38-24-26-40-28-30-42-31-29-41-27-25-39-23-18-21-34-32(35)19-20-33(36)37/h2-31H2,1H3,(H,34,35)(H,36,37). The van der Waals surface area contributed by atoms with Gasteiger partial charge in [0.05, 0.1) is 59.3 Å². The maximum absolute atomic E-state index is 11.4. The largest absolute Gasteiger partial charge is 0.481 e. The van der Waals surface area contributed by atoms with Gasteiger partial charge < -0.3 is 34.1 Å². The van der Waals surface area contributed by atoms with Gasteiger partial charge in [-0.3, -0.25) is 9.59 Å². The summed E-state index contributed by atoms with van der Waals surface area (Å²) in [7, 11) is 0. The number of carboxylic acid groups (broad SMARTS) is 1. The van der Waals surface area contributed by atoms with Crippen molar-refractivity contribution >= 4 is 11.9 Å². The lowest BCUT2D eigenvalue weighted by Crippen LogP contribution is -2.25. The molecule has 0 rings (SSSR count). The van der Waals surface area contributed by atoms with E-state index in [-0.39, 0.29) is 18.7 Å². The second-order valence-electron chi connectivity index (χ2n) is 11.0. The molecule has 0 spiro atoms. The fourth-order valence-electron chi connectivity index (χ4n) is 4.44. The van der Waals surface area contributed by atoms with Gasteiger partial charge in [0, 0.05) is 26.2 Å². The van der Waals surface area contributed by atoms with E-state index in [1.807, 2.05) is 0 Å². The third-order valence-electron chi connectivity index (χ3n) is 6.98. The number of unbranched alkanes of at least 4 members (excludes halogenated alkanes) is 15. The first-order chi connectivity index (χ1) is 20.7. The highest BCUT2D eigenvalue weighted by Crippen LogP contribution is 2.13. The lowest BCUT2D eigenvalue weighted by atomic mass is 10.0. The van der Waals surface area contributed by atoms with Crippen LogP contribution >= 0.6 is 0 Å². The number of carbonyl (C=O) groups excluding carboxylic acids is 1. The molecule has 0 aliphatic heterocycles. The number of carboxylic acids is 1.